The van der Waals surface area contributed by atoms with Crippen molar-refractivity contribution in [3.05, 3.63) is 58.8 Å². The van der Waals surface area contributed by atoms with Crippen molar-refractivity contribution in [2.75, 3.05) is 5.75 Å². The van der Waals surface area contributed by atoms with Crippen molar-refractivity contribution in [1.82, 2.24) is 4.98 Å². The fraction of sp³-hybridized carbons (Fsp3) is 0.214. The summed E-state index contributed by atoms with van der Waals surface area (Å²) in [5.41, 5.74) is 7.17. The van der Waals surface area contributed by atoms with E-state index in [0.29, 0.717) is 0 Å². The molecule has 1 aromatic heterocycles. The highest BCUT2D eigenvalue weighted by molar-refractivity contribution is 9.10. The summed E-state index contributed by atoms with van der Waals surface area (Å²) in [5, 5.41) is 0. The molecule has 18 heavy (non-hydrogen) atoms. The Balaban J connectivity index is 1.81. The van der Waals surface area contributed by atoms with Gasteiger partial charge in [-0.25, -0.2) is 0 Å². The Labute approximate surface area is 120 Å². The van der Waals surface area contributed by atoms with Crippen molar-refractivity contribution in [1.29, 1.82) is 0 Å². The molecule has 1 atom stereocenters. The lowest BCUT2D eigenvalue weighted by molar-refractivity contribution is 0.732. The van der Waals surface area contributed by atoms with E-state index in [0.717, 1.165) is 22.3 Å². The van der Waals surface area contributed by atoms with Gasteiger partial charge < -0.3 is 5.73 Å². The van der Waals surface area contributed by atoms with Gasteiger partial charge in [0, 0.05) is 39.5 Å². The van der Waals surface area contributed by atoms with E-state index in [1.54, 1.807) is 11.8 Å². The zero-order valence-corrected chi connectivity index (χ0v) is 12.3. The smallest absolute Gasteiger partial charge is 0.0419 e. The number of thioether (sulfide) groups is 1. The van der Waals surface area contributed by atoms with Gasteiger partial charge in [-0.15, -0.1) is 11.8 Å². The molecule has 0 saturated carbocycles. The topological polar surface area (TPSA) is 38.9 Å². The Morgan fingerprint density at radius 3 is 2.61 bits per heavy atom. The van der Waals surface area contributed by atoms with Gasteiger partial charge in [-0.1, -0.05) is 22.0 Å². The Bertz CT molecular complexity index is 473. The number of hydrogen-bond acceptors (Lipinski definition) is 3. The molecule has 2 rings (SSSR count). The average molecular weight is 323 g/mol. The molecule has 0 radical (unpaired) electrons. The first-order valence-corrected chi connectivity index (χ1v) is 7.56. The van der Waals surface area contributed by atoms with Crippen molar-refractivity contribution in [3.63, 3.8) is 0 Å². The first-order chi connectivity index (χ1) is 8.74. The van der Waals surface area contributed by atoms with Gasteiger partial charge in [-0.05, 0) is 36.4 Å². The fourth-order valence-corrected chi connectivity index (χ4v) is 2.70. The van der Waals surface area contributed by atoms with Crippen molar-refractivity contribution in [3.8, 4) is 0 Å². The van der Waals surface area contributed by atoms with Gasteiger partial charge in [0.05, 0.1) is 0 Å². The lowest BCUT2D eigenvalue weighted by Gasteiger charge is -2.10. The van der Waals surface area contributed by atoms with E-state index >= 15 is 0 Å². The molecule has 0 aliphatic rings. The number of nitrogens with zero attached hydrogens (tertiary/aromatic N) is 1. The molecule has 4 heteroatoms. The van der Waals surface area contributed by atoms with Crippen LogP contribution in [0.15, 0.2) is 58.0 Å². The van der Waals surface area contributed by atoms with Crippen LogP contribution in [0.1, 0.15) is 5.69 Å². The lowest BCUT2D eigenvalue weighted by atomic mass is 10.2. The molecule has 0 bridgehead atoms. The third-order valence-electron chi connectivity index (χ3n) is 2.48. The second-order valence-electron chi connectivity index (χ2n) is 4.05. The molecule has 2 N–H and O–H groups in total. The highest BCUT2D eigenvalue weighted by Gasteiger charge is 2.05. The summed E-state index contributed by atoms with van der Waals surface area (Å²) in [5.74, 6) is 0.901. The van der Waals surface area contributed by atoms with Crippen molar-refractivity contribution in [2.45, 2.75) is 17.4 Å². The maximum Gasteiger partial charge on any atom is 0.0419 e. The first kappa shape index (κ1) is 13.6. The van der Waals surface area contributed by atoms with Gasteiger partial charge in [-0.2, -0.15) is 0 Å². The number of hydrogen-bond donors (Lipinski definition) is 1. The minimum absolute atomic E-state index is 0.133. The van der Waals surface area contributed by atoms with E-state index in [1.165, 1.54) is 4.90 Å². The summed E-state index contributed by atoms with van der Waals surface area (Å²) in [4.78, 5) is 5.53. The van der Waals surface area contributed by atoms with E-state index in [1.807, 2.05) is 36.5 Å². The van der Waals surface area contributed by atoms with Crippen molar-refractivity contribution >= 4 is 27.7 Å². The van der Waals surface area contributed by atoms with Crippen LogP contribution < -0.4 is 5.73 Å². The third kappa shape index (κ3) is 4.44. The summed E-state index contributed by atoms with van der Waals surface area (Å²) in [7, 11) is 0. The van der Waals surface area contributed by atoms with Crippen LogP contribution in [0.25, 0.3) is 0 Å². The van der Waals surface area contributed by atoms with Crippen LogP contribution >= 0.6 is 27.7 Å². The normalized spacial score (nSPS) is 12.3. The molecular formula is C14H15BrN2S. The Hall–Kier alpha value is -0.840. The summed E-state index contributed by atoms with van der Waals surface area (Å²) in [6.45, 7) is 0. The lowest BCUT2D eigenvalue weighted by Crippen LogP contribution is -2.25. The second-order valence-corrected chi connectivity index (χ2v) is 6.06. The Kier molecular flexibility index (Phi) is 5.23. The van der Waals surface area contributed by atoms with Gasteiger partial charge in [-0.3, -0.25) is 4.98 Å². The standard InChI is InChI=1S/C14H15BrN2S/c15-11-4-6-14(7-5-11)18-10-12(16)9-13-3-1-2-8-17-13/h1-8,12H,9-10,16H2. The molecule has 0 spiro atoms. The molecule has 0 saturated heterocycles. The minimum atomic E-state index is 0.133. The van der Waals surface area contributed by atoms with Crippen LogP contribution in [0.2, 0.25) is 0 Å². The van der Waals surface area contributed by atoms with Gasteiger partial charge >= 0.3 is 0 Å². The predicted octanol–water partition coefficient (Wildman–Crippen LogP) is 3.51. The van der Waals surface area contributed by atoms with Gasteiger partial charge in [0.15, 0.2) is 0 Å². The van der Waals surface area contributed by atoms with E-state index in [9.17, 15) is 0 Å². The number of nitrogens with two attached hydrogens (primary N) is 1. The molecule has 0 aliphatic heterocycles. The van der Waals surface area contributed by atoms with E-state index in [2.05, 4.69) is 33.0 Å². The van der Waals surface area contributed by atoms with E-state index < -0.39 is 0 Å². The highest BCUT2D eigenvalue weighted by Crippen LogP contribution is 2.21. The van der Waals surface area contributed by atoms with E-state index in [-0.39, 0.29) is 6.04 Å². The largest absolute Gasteiger partial charge is 0.327 e. The van der Waals surface area contributed by atoms with Gasteiger partial charge in [0.1, 0.15) is 0 Å². The third-order valence-corrected chi connectivity index (χ3v) is 4.20. The van der Waals surface area contributed by atoms with E-state index in [4.69, 9.17) is 5.73 Å². The Morgan fingerprint density at radius 1 is 1.17 bits per heavy atom. The van der Waals surface area contributed by atoms with Crippen LogP contribution in [-0.2, 0) is 6.42 Å². The summed E-state index contributed by atoms with van der Waals surface area (Å²) in [6.07, 6.45) is 2.63. The molecular weight excluding hydrogens is 308 g/mol. The zero-order valence-electron chi connectivity index (χ0n) is 9.92. The van der Waals surface area contributed by atoms with Crippen LogP contribution in [0.3, 0.4) is 0 Å². The fourth-order valence-electron chi connectivity index (χ4n) is 1.58. The number of aromatic nitrogens is 1. The van der Waals surface area contributed by atoms with Crippen LogP contribution in [-0.4, -0.2) is 16.8 Å². The SMILES string of the molecule is NC(CSc1ccc(Br)cc1)Cc1ccccn1. The molecule has 2 aromatic rings. The van der Waals surface area contributed by atoms with Crippen molar-refractivity contribution < 1.29 is 0 Å². The maximum absolute atomic E-state index is 6.11. The Morgan fingerprint density at radius 2 is 1.94 bits per heavy atom. The van der Waals surface area contributed by atoms with Gasteiger partial charge in [0.25, 0.3) is 0 Å². The van der Waals surface area contributed by atoms with Crippen LogP contribution in [0.5, 0.6) is 0 Å². The molecule has 0 aliphatic carbocycles. The molecule has 1 unspecified atom stereocenters. The van der Waals surface area contributed by atoms with Crippen LogP contribution in [0, 0.1) is 0 Å². The number of pyridine rings is 1. The zero-order chi connectivity index (χ0) is 12.8. The quantitative estimate of drug-likeness (QED) is 0.856. The molecule has 1 heterocycles. The second kappa shape index (κ2) is 6.92. The first-order valence-electron chi connectivity index (χ1n) is 5.78. The maximum atomic E-state index is 6.11. The molecule has 2 nitrogen and oxygen atoms in total. The highest BCUT2D eigenvalue weighted by atomic mass is 79.9. The summed E-state index contributed by atoms with van der Waals surface area (Å²) < 4.78 is 1.10. The van der Waals surface area contributed by atoms with Crippen LogP contribution in [0.4, 0.5) is 0 Å². The minimum Gasteiger partial charge on any atom is -0.327 e. The molecule has 1 aromatic carbocycles. The number of halogens is 1. The summed E-state index contributed by atoms with van der Waals surface area (Å²) in [6, 6.07) is 14.4. The summed E-state index contributed by atoms with van der Waals surface area (Å²) >= 11 is 5.21. The van der Waals surface area contributed by atoms with Crippen molar-refractivity contribution in [2.24, 2.45) is 5.73 Å². The average Bonchev–Trinajstić information content (AvgIpc) is 2.39. The number of benzene rings is 1. The monoisotopic (exact) mass is 322 g/mol. The number of rotatable bonds is 5. The molecule has 0 fully saturated rings. The van der Waals surface area contributed by atoms with Gasteiger partial charge in [0.2, 0.25) is 0 Å². The predicted molar refractivity (Wildman–Crippen MR) is 80.8 cm³/mol. The molecule has 0 amide bonds. The molecule has 94 valence electrons.